The Hall–Kier alpha value is -1.06. The Bertz CT molecular complexity index is 360. The molecule has 19 heavy (non-hydrogen) atoms. The highest BCUT2D eigenvalue weighted by Crippen LogP contribution is 2.29. The van der Waals surface area contributed by atoms with Gasteiger partial charge in [-0.05, 0) is 51.9 Å². The molecule has 0 spiro atoms. The van der Waals surface area contributed by atoms with Gasteiger partial charge in [-0.25, -0.2) is 0 Å². The van der Waals surface area contributed by atoms with E-state index in [4.69, 9.17) is 9.47 Å². The molecule has 3 heteroatoms. The monoisotopic (exact) mass is 265 g/mol. The molecule has 0 fully saturated rings. The molecule has 0 aliphatic carbocycles. The van der Waals surface area contributed by atoms with Crippen LogP contribution in [0.5, 0.6) is 5.75 Å². The third-order valence-electron chi connectivity index (χ3n) is 3.19. The molecule has 1 aromatic carbocycles. The van der Waals surface area contributed by atoms with Crippen LogP contribution in [0.2, 0.25) is 0 Å². The van der Waals surface area contributed by atoms with Crippen LogP contribution in [0, 0.1) is 0 Å². The molecule has 0 bridgehead atoms. The molecule has 1 atom stereocenters. The Morgan fingerprint density at radius 3 is 2.26 bits per heavy atom. The van der Waals surface area contributed by atoms with Gasteiger partial charge in [-0.3, -0.25) is 0 Å². The maximum absolute atomic E-state index is 5.84. The van der Waals surface area contributed by atoms with Gasteiger partial charge in [0.25, 0.3) is 0 Å². The first kappa shape index (κ1) is 16.0. The third kappa shape index (κ3) is 4.51. The summed E-state index contributed by atoms with van der Waals surface area (Å²) in [5, 5.41) is 3.34. The summed E-state index contributed by atoms with van der Waals surface area (Å²) in [5.41, 5.74) is 0.972. The highest BCUT2D eigenvalue weighted by Gasteiger charge is 2.30. The fourth-order valence-electron chi connectivity index (χ4n) is 2.35. The minimum absolute atomic E-state index is 0.160. The zero-order valence-corrected chi connectivity index (χ0v) is 12.8. The van der Waals surface area contributed by atoms with Gasteiger partial charge in [-0.15, -0.1) is 0 Å². The maximum Gasteiger partial charge on any atom is 0.119 e. The first-order valence-electron chi connectivity index (χ1n) is 7.09. The van der Waals surface area contributed by atoms with Gasteiger partial charge in [-0.2, -0.15) is 0 Å². The van der Waals surface area contributed by atoms with Gasteiger partial charge in [0, 0.05) is 6.61 Å². The molecule has 0 amide bonds. The van der Waals surface area contributed by atoms with Gasteiger partial charge < -0.3 is 14.8 Å². The van der Waals surface area contributed by atoms with Crippen molar-refractivity contribution in [2.24, 2.45) is 0 Å². The molecule has 0 saturated carbocycles. The van der Waals surface area contributed by atoms with E-state index in [9.17, 15) is 0 Å². The van der Waals surface area contributed by atoms with Gasteiger partial charge in [-0.1, -0.05) is 19.1 Å². The van der Waals surface area contributed by atoms with Crippen LogP contribution in [0.4, 0.5) is 0 Å². The zero-order valence-electron chi connectivity index (χ0n) is 12.8. The van der Waals surface area contributed by atoms with Crippen molar-refractivity contribution >= 4 is 0 Å². The average Bonchev–Trinajstić information content (AvgIpc) is 2.38. The Morgan fingerprint density at radius 2 is 1.79 bits per heavy atom. The van der Waals surface area contributed by atoms with E-state index >= 15 is 0 Å². The molecule has 0 saturated heterocycles. The fourth-order valence-corrected chi connectivity index (χ4v) is 2.35. The number of rotatable bonds is 8. The number of ether oxygens (including phenoxy) is 2. The second-order valence-corrected chi connectivity index (χ2v) is 5.18. The van der Waals surface area contributed by atoms with Crippen molar-refractivity contribution in [1.82, 2.24) is 5.32 Å². The topological polar surface area (TPSA) is 30.5 Å². The van der Waals surface area contributed by atoms with Crippen LogP contribution in [0.25, 0.3) is 0 Å². The highest BCUT2D eigenvalue weighted by atomic mass is 16.5. The molecular weight excluding hydrogens is 238 g/mol. The van der Waals surface area contributed by atoms with E-state index < -0.39 is 0 Å². The molecule has 0 aliphatic heterocycles. The smallest absolute Gasteiger partial charge is 0.119 e. The van der Waals surface area contributed by atoms with Crippen molar-refractivity contribution in [3.05, 3.63) is 29.8 Å². The van der Waals surface area contributed by atoms with E-state index in [0.29, 0.717) is 6.61 Å². The molecule has 0 heterocycles. The Kier molecular flexibility index (Phi) is 6.32. The standard InChI is InChI=1S/C16H27NO2/c1-6-12-18-14-10-8-13(9-11-14)15(17-5)16(3,4)19-7-2/h8-11,15,17H,6-7,12H2,1-5H3. The van der Waals surface area contributed by atoms with Crippen LogP contribution in [-0.4, -0.2) is 25.9 Å². The summed E-state index contributed by atoms with van der Waals surface area (Å²) in [6.07, 6.45) is 1.03. The second kappa shape index (κ2) is 7.51. The first-order valence-corrected chi connectivity index (χ1v) is 7.09. The Balaban J connectivity index is 2.81. The quantitative estimate of drug-likeness (QED) is 0.779. The van der Waals surface area contributed by atoms with Crippen molar-refractivity contribution in [2.75, 3.05) is 20.3 Å². The number of nitrogens with one attached hydrogen (secondary N) is 1. The van der Waals surface area contributed by atoms with Crippen molar-refractivity contribution in [1.29, 1.82) is 0 Å². The first-order chi connectivity index (χ1) is 9.05. The fraction of sp³-hybridized carbons (Fsp3) is 0.625. The van der Waals surface area contributed by atoms with Crippen LogP contribution < -0.4 is 10.1 Å². The second-order valence-electron chi connectivity index (χ2n) is 5.18. The summed E-state index contributed by atoms with van der Waals surface area (Å²) in [5.74, 6) is 0.926. The molecule has 0 radical (unpaired) electrons. The molecule has 1 rings (SSSR count). The third-order valence-corrected chi connectivity index (χ3v) is 3.19. The number of likely N-dealkylation sites (N-methyl/N-ethyl adjacent to an activating group) is 1. The summed E-state index contributed by atoms with van der Waals surface area (Å²) in [6, 6.07) is 8.42. The normalized spacial score (nSPS) is 13.3. The predicted octanol–water partition coefficient (Wildman–Crippen LogP) is 3.55. The van der Waals surface area contributed by atoms with Crippen LogP contribution in [-0.2, 0) is 4.74 Å². The molecule has 1 N–H and O–H groups in total. The Labute approximate surface area is 117 Å². The summed E-state index contributed by atoms with van der Waals surface area (Å²) < 4.78 is 11.4. The van der Waals surface area contributed by atoms with Crippen LogP contribution in [0.3, 0.4) is 0 Å². The maximum atomic E-state index is 5.84. The van der Waals surface area contributed by atoms with Crippen molar-refractivity contribution in [3.8, 4) is 5.75 Å². The van der Waals surface area contributed by atoms with Gasteiger partial charge in [0.2, 0.25) is 0 Å². The van der Waals surface area contributed by atoms with E-state index in [1.807, 2.05) is 26.1 Å². The molecule has 1 unspecified atom stereocenters. The molecule has 3 nitrogen and oxygen atoms in total. The Morgan fingerprint density at radius 1 is 1.16 bits per heavy atom. The van der Waals surface area contributed by atoms with Gasteiger partial charge in [0.05, 0.1) is 18.2 Å². The summed E-state index contributed by atoms with van der Waals surface area (Å²) in [6.45, 7) is 9.83. The lowest BCUT2D eigenvalue weighted by atomic mass is 9.91. The van der Waals surface area contributed by atoms with Crippen molar-refractivity contribution in [3.63, 3.8) is 0 Å². The van der Waals surface area contributed by atoms with Crippen LogP contribution in [0.1, 0.15) is 45.7 Å². The average molecular weight is 265 g/mol. The van der Waals surface area contributed by atoms with Gasteiger partial charge >= 0.3 is 0 Å². The predicted molar refractivity (Wildman–Crippen MR) is 79.7 cm³/mol. The minimum atomic E-state index is -0.241. The minimum Gasteiger partial charge on any atom is -0.494 e. The zero-order chi connectivity index (χ0) is 14.3. The SMILES string of the molecule is CCCOc1ccc(C(NC)C(C)(C)OCC)cc1. The number of hydrogen-bond donors (Lipinski definition) is 1. The largest absolute Gasteiger partial charge is 0.494 e. The highest BCUT2D eigenvalue weighted by molar-refractivity contribution is 5.30. The summed E-state index contributed by atoms with van der Waals surface area (Å²) in [7, 11) is 1.97. The summed E-state index contributed by atoms with van der Waals surface area (Å²) >= 11 is 0. The van der Waals surface area contributed by atoms with E-state index in [0.717, 1.165) is 18.8 Å². The van der Waals surface area contributed by atoms with Gasteiger partial charge in [0.15, 0.2) is 0 Å². The van der Waals surface area contributed by atoms with E-state index in [-0.39, 0.29) is 11.6 Å². The lowest BCUT2D eigenvalue weighted by Gasteiger charge is -2.34. The molecule has 1 aromatic rings. The lowest BCUT2D eigenvalue weighted by molar-refractivity contribution is -0.0374. The van der Waals surface area contributed by atoms with E-state index in [2.05, 4.69) is 38.2 Å². The van der Waals surface area contributed by atoms with E-state index in [1.165, 1.54) is 5.56 Å². The van der Waals surface area contributed by atoms with E-state index in [1.54, 1.807) is 0 Å². The molecular formula is C16H27NO2. The van der Waals surface area contributed by atoms with Crippen LogP contribution in [0.15, 0.2) is 24.3 Å². The van der Waals surface area contributed by atoms with Crippen LogP contribution >= 0.6 is 0 Å². The molecule has 0 aromatic heterocycles. The van der Waals surface area contributed by atoms with Crippen molar-refractivity contribution < 1.29 is 9.47 Å². The number of benzene rings is 1. The molecule has 0 aliphatic rings. The summed E-state index contributed by atoms with van der Waals surface area (Å²) in [4.78, 5) is 0. The molecule has 108 valence electrons. The van der Waals surface area contributed by atoms with Gasteiger partial charge in [0.1, 0.15) is 5.75 Å². The number of hydrogen-bond acceptors (Lipinski definition) is 3. The van der Waals surface area contributed by atoms with Crippen molar-refractivity contribution in [2.45, 2.75) is 45.8 Å². The lowest BCUT2D eigenvalue weighted by Crippen LogP contribution is -2.40.